The van der Waals surface area contributed by atoms with Gasteiger partial charge in [-0.3, -0.25) is 0 Å². The third-order valence-electron chi connectivity index (χ3n) is 5.53. The molecule has 0 heterocycles. The van der Waals surface area contributed by atoms with E-state index in [1.165, 1.54) is 43.8 Å². The van der Waals surface area contributed by atoms with Crippen molar-refractivity contribution in [2.24, 2.45) is 0 Å². The van der Waals surface area contributed by atoms with Crippen LogP contribution in [0.1, 0.15) is 0 Å². The largest absolute Gasteiger partial charge is 0.168 e. The van der Waals surface area contributed by atoms with E-state index in [1.807, 2.05) is 0 Å². The van der Waals surface area contributed by atoms with Crippen LogP contribution in [0.15, 0.2) is 133 Å². The Morgan fingerprint density at radius 3 is 1.24 bits per heavy atom. The van der Waals surface area contributed by atoms with E-state index < -0.39 is 20.8 Å². The van der Waals surface area contributed by atoms with Crippen molar-refractivity contribution < 1.29 is 20.8 Å². The van der Waals surface area contributed by atoms with E-state index in [0.29, 0.717) is 0 Å². The molecular weight excluding hydrogens is 522 g/mol. The second-order valence-corrected chi connectivity index (χ2v) is 11.2. The van der Waals surface area contributed by atoms with Crippen molar-refractivity contribution >= 4 is 38.6 Å². The fraction of sp³-hybridized carbons (Fsp3) is 0. The van der Waals surface area contributed by atoms with Crippen molar-refractivity contribution in [2.75, 3.05) is 0 Å². The number of rotatable bonds is 2. The maximum absolute atomic E-state index is 4.93. The molecule has 0 fully saturated rings. The molecule has 0 spiro atoms. The second-order valence-electron chi connectivity index (χ2n) is 7.47. The van der Waals surface area contributed by atoms with Crippen molar-refractivity contribution in [3.63, 3.8) is 0 Å². The summed E-state index contributed by atoms with van der Waals surface area (Å²) in [6.07, 6.45) is 0. The minimum absolute atomic E-state index is 0.826. The van der Waals surface area contributed by atoms with Crippen LogP contribution in [-0.4, -0.2) is 0 Å². The molecule has 0 atom stereocenters. The minimum Gasteiger partial charge on any atom is -0.168 e. The average Bonchev–Trinajstić information content (AvgIpc) is 3.55. The van der Waals surface area contributed by atoms with Crippen LogP contribution in [0.5, 0.6) is 0 Å². The van der Waals surface area contributed by atoms with Crippen LogP contribution in [-0.2, 0) is 20.8 Å². The number of hydrogen-bond acceptors (Lipinski definition) is 0. The van der Waals surface area contributed by atoms with Gasteiger partial charge in [0.05, 0.1) is 0 Å². The van der Waals surface area contributed by atoms with Gasteiger partial charge in [-0.15, -0.1) is 57.9 Å². The minimum atomic E-state index is -0.826. The van der Waals surface area contributed by atoms with Gasteiger partial charge < -0.3 is 0 Å². The van der Waals surface area contributed by atoms with Crippen LogP contribution >= 0.6 is 17.0 Å². The van der Waals surface area contributed by atoms with Gasteiger partial charge in [-0.1, -0.05) is 83.9 Å². The van der Waals surface area contributed by atoms with Crippen LogP contribution in [0.3, 0.4) is 0 Å². The molecule has 0 saturated carbocycles. The average molecular weight is 545 g/mol. The zero-order valence-corrected chi connectivity index (χ0v) is 21.9. The molecule has 0 aliphatic rings. The van der Waals surface area contributed by atoms with Crippen LogP contribution < -0.4 is 0 Å². The standard InChI is InChI=1S/2C15H11.2ClH.Zr/c2*1-2-6-12(7-3-1)14-10-4-8-13-9-5-11-15(13)14;;;/h2*1-11H;2*1H;/q2*-1;;;+4/p-2. The quantitative estimate of drug-likeness (QED) is 0.190. The summed E-state index contributed by atoms with van der Waals surface area (Å²) in [4.78, 5) is 0. The third-order valence-corrected chi connectivity index (χ3v) is 5.53. The summed E-state index contributed by atoms with van der Waals surface area (Å²) in [5.74, 6) is 0. The summed E-state index contributed by atoms with van der Waals surface area (Å²) in [5, 5.41) is 5.31. The third kappa shape index (κ3) is 5.93. The molecule has 0 N–H and O–H groups in total. The Hall–Kier alpha value is -2.44. The first-order chi connectivity index (χ1) is 16.3. The smallest absolute Gasteiger partial charge is 0.0279 e. The number of hydrogen-bond donors (Lipinski definition) is 0. The molecular formula is C30H22Cl2Zr. The summed E-state index contributed by atoms with van der Waals surface area (Å²) in [6.45, 7) is 0. The van der Waals surface area contributed by atoms with Crippen molar-refractivity contribution in [1.82, 2.24) is 0 Å². The molecule has 0 aliphatic heterocycles. The van der Waals surface area contributed by atoms with Gasteiger partial charge in [0.15, 0.2) is 0 Å². The fourth-order valence-electron chi connectivity index (χ4n) is 4.06. The number of halogens is 2. The first-order valence-electron chi connectivity index (χ1n) is 10.7. The Balaban J connectivity index is 0.000000141. The fourth-order valence-corrected chi connectivity index (χ4v) is 4.06. The summed E-state index contributed by atoms with van der Waals surface area (Å²) in [5.41, 5.74) is 5.21. The van der Waals surface area contributed by atoms with Gasteiger partial charge in [0.2, 0.25) is 0 Å². The van der Waals surface area contributed by atoms with Gasteiger partial charge in [-0.25, -0.2) is 0 Å². The number of benzene rings is 4. The molecule has 33 heavy (non-hydrogen) atoms. The summed E-state index contributed by atoms with van der Waals surface area (Å²) in [6, 6.07) is 46.8. The Morgan fingerprint density at radius 2 is 0.848 bits per heavy atom. The van der Waals surface area contributed by atoms with Gasteiger partial charge in [0.1, 0.15) is 0 Å². The molecule has 0 unspecified atom stereocenters. The monoisotopic (exact) mass is 542 g/mol. The topological polar surface area (TPSA) is 0 Å². The van der Waals surface area contributed by atoms with E-state index in [1.54, 1.807) is 0 Å². The van der Waals surface area contributed by atoms with E-state index in [2.05, 4.69) is 133 Å². The van der Waals surface area contributed by atoms with Gasteiger partial charge in [-0.05, 0) is 11.1 Å². The van der Waals surface area contributed by atoms with Crippen LogP contribution in [0, 0.1) is 0 Å². The van der Waals surface area contributed by atoms with Crippen molar-refractivity contribution in [2.45, 2.75) is 0 Å². The normalized spacial score (nSPS) is 10.0. The van der Waals surface area contributed by atoms with E-state index >= 15 is 0 Å². The first kappa shape index (κ1) is 23.7. The van der Waals surface area contributed by atoms with Crippen LogP contribution in [0.4, 0.5) is 0 Å². The summed E-state index contributed by atoms with van der Waals surface area (Å²) in [7, 11) is 9.87. The van der Waals surface area contributed by atoms with Crippen LogP contribution in [0.2, 0.25) is 0 Å². The van der Waals surface area contributed by atoms with Gasteiger partial charge in [0, 0.05) is 0 Å². The molecule has 6 aromatic rings. The van der Waals surface area contributed by atoms with Crippen molar-refractivity contribution in [1.29, 1.82) is 0 Å². The molecule has 160 valence electrons. The zero-order chi connectivity index (χ0) is 22.9. The molecule has 6 rings (SSSR count). The molecule has 3 heteroatoms. The molecule has 0 aromatic heterocycles. The van der Waals surface area contributed by atoms with Gasteiger partial charge >= 0.3 is 37.9 Å². The molecule has 0 bridgehead atoms. The van der Waals surface area contributed by atoms with E-state index in [-0.39, 0.29) is 0 Å². The molecule has 0 amide bonds. The Kier molecular flexibility index (Phi) is 8.73. The van der Waals surface area contributed by atoms with Gasteiger partial charge in [-0.2, -0.15) is 24.3 Å². The maximum atomic E-state index is 4.93. The second kappa shape index (κ2) is 12.1. The predicted octanol–water partition coefficient (Wildman–Crippen LogP) is 9.83. The molecule has 0 nitrogen and oxygen atoms in total. The van der Waals surface area contributed by atoms with Crippen molar-refractivity contribution in [3.05, 3.63) is 133 Å². The first-order valence-corrected chi connectivity index (χ1v) is 17.0. The summed E-state index contributed by atoms with van der Waals surface area (Å²) >= 11 is -0.826. The van der Waals surface area contributed by atoms with Crippen LogP contribution in [0.25, 0.3) is 43.8 Å². The Labute approximate surface area is 213 Å². The van der Waals surface area contributed by atoms with Gasteiger partial charge in [0.25, 0.3) is 0 Å². The maximum Gasteiger partial charge on any atom is -0.0279 e. The van der Waals surface area contributed by atoms with E-state index in [0.717, 1.165) is 0 Å². The Morgan fingerprint density at radius 1 is 0.455 bits per heavy atom. The van der Waals surface area contributed by atoms with E-state index in [4.69, 9.17) is 17.0 Å². The SMILES string of the molecule is [Cl][Zr+2][Cl].c1ccc(-c2cccc3[cH-]ccc23)cc1.c1ccc(-c2cccc3[cH-]ccc23)cc1. The molecule has 6 aromatic carbocycles. The van der Waals surface area contributed by atoms with Crippen molar-refractivity contribution in [3.8, 4) is 22.3 Å². The molecule has 0 radical (unpaired) electrons. The zero-order valence-electron chi connectivity index (χ0n) is 18.0. The predicted molar refractivity (Wildman–Crippen MR) is 142 cm³/mol. The summed E-state index contributed by atoms with van der Waals surface area (Å²) < 4.78 is 0. The Bertz CT molecular complexity index is 1290. The van der Waals surface area contributed by atoms with E-state index in [9.17, 15) is 0 Å². The molecule has 0 saturated heterocycles. The molecule has 0 aliphatic carbocycles. The number of fused-ring (bicyclic) bond motifs is 2.